The molecule has 0 aliphatic rings. The highest BCUT2D eigenvalue weighted by Crippen LogP contribution is 2.16. The Morgan fingerprint density at radius 1 is 1.43 bits per heavy atom. The zero-order valence-electron chi connectivity index (χ0n) is 8.98. The molecule has 0 aliphatic carbocycles. The SMILES string of the molecule is CC(C)c1ncc(C=O)c(N(C)C)n1. The van der Waals surface area contributed by atoms with Gasteiger partial charge < -0.3 is 4.90 Å². The van der Waals surface area contributed by atoms with Crippen molar-refractivity contribution in [2.45, 2.75) is 19.8 Å². The van der Waals surface area contributed by atoms with Gasteiger partial charge in [-0.2, -0.15) is 0 Å². The van der Waals surface area contributed by atoms with E-state index in [1.54, 1.807) is 6.20 Å². The lowest BCUT2D eigenvalue weighted by molar-refractivity contribution is 0.112. The fraction of sp³-hybridized carbons (Fsp3) is 0.500. The molecule has 0 amide bonds. The van der Waals surface area contributed by atoms with Gasteiger partial charge in [0.2, 0.25) is 0 Å². The maximum atomic E-state index is 10.7. The minimum absolute atomic E-state index is 0.273. The first-order valence-corrected chi connectivity index (χ1v) is 4.55. The Hall–Kier alpha value is -1.45. The number of nitrogens with zero attached hydrogens (tertiary/aromatic N) is 3. The molecule has 0 unspecified atom stereocenters. The number of aldehydes is 1. The maximum Gasteiger partial charge on any atom is 0.155 e. The Balaban J connectivity index is 3.20. The Labute approximate surface area is 84.0 Å². The zero-order chi connectivity index (χ0) is 10.7. The third-order valence-electron chi connectivity index (χ3n) is 1.88. The van der Waals surface area contributed by atoms with E-state index in [1.807, 2.05) is 32.8 Å². The van der Waals surface area contributed by atoms with Crippen molar-refractivity contribution in [1.29, 1.82) is 0 Å². The van der Waals surface area contributed by atoms with Crippen molar-refractivity contribution in [3.8, 4) is 0 Å². The standard InChI is InChI=1S/C10H15N3O/c1-7(2)9-11-5-8(6-14)10(12-9)13(3)4/h5-7H,1-4H3. The molecular weight excluding hydrogens is 178 g/mol. The molecule has 1 aromatic rings. The predicted molar refractivity (Wildman–Crippen MR) is 55.8 cm³/mol. The third-order valence-corrected chi connectivity index (χ3v) is 1.88. The summed E-state index contributed by atoms with van der Waals surface area (Å²) in [6, 6.07) is 0. The number of anilines is 1. The average molecular weight is 193 g/mol. The second kappa shape index (κ2) is 4.17. The van der Waals surface area contributed by atoms with E-state index < -0.39 is 0 Å². The summed E-state index contributed by atoms with van der Waals surface area (Å²) in [5.74, 6) is 1.72. The molecule has 1 heterocycles. The van der Waals surface area contributed by atoms with E-state index in [1.165, 1.54) is 0 Å². The minimum atomic E-state index is 0.273. The summed E-state index contributed by atoms with van der Waals surface area (Å²) in [4.78, 5) is 21.0. The quantitative estimate of drug-likeness (QED) is 0.682. The summed E-state index contributed by atoms with van der Waals surface area (Å²) in [6.07, 6.45) is 2.35. The number of carbonyl (C=O) groups is 1. The molecule has 14 heavy (non-hydrogen) atoms. The molecule has 1 rings (SSSR count). The lowest BCUT2D eigenvalue weighted by atomic mass is 10.2. The lowest BCUT2D eigenvalue weighted by Crippen LogP contribution is -2.15. The van der Waals surface area contributed by atoms with E-state index in [0.29, 0.717) is 11.4 Å². The molecule has 4 nitrogen and oxygen atoms in total. The highest BCUT2D eigenvalue weighted by Gasteiger charge is 2.10. The maximum absolute atomic E-state index is 10.7. The smallest absolute Gasteiger partial charge is 0.155 e. The second-order valence-corrected chi connectivity index (χ2v) is 3.67. The predicted octanol–water partition coefficient (Wildman–Crippen LogP) is 1.48. The monoisotopic (exact) mass is 193 g/mol. The van der Waals surface area contributed by atoms with E-state index >= 15 is 0 Å². The largest absolute Gasteiger partial charge is 0.362 e. The van der Waals surface area contributed by atoms with Crippen molar-refractivity contribution < 1.29 is 4.79 Å². The highest BCUT2D eigenvalue weighted by molar-refractivity contribution is 5.82. The van der Waals surface area contributed by atoms with Crippen LogP contribution in [0.5, 0.6) is 0 Å². The first-order chi connectivity index (χ1) is 6.56. The molecule has 0 bridgehead atoms. The molecule has 0 aliphatic heterocycles. The Morgan fingerprint density at radius 2 is 2.07 bits per heavy atom. The molecular formula is C10H15N3O. The summed E-state index contributed by atoms with van der Waals surface area (Å²) in [5.41, 5.74) is 0.527. The Morgan fingerprint density at radius 3 is 2.50 bits per heavy atom. The third kappa shape index (κ3) is 2.07. The topological polar surface area (TPSA) is 46.1 Å². The van der Waals surface area contributed by atoms with Crippen LogP contribution in [-0.4, -0.2) is 30.3 Å². The van der Waals surface area contributed by atoms with Crippen LogP contribution in [0, 0.1) is 0 Å². The summed E-state index contributed by atoms with van der Waals surface area (Å²) < 4.78 is 0. The molecule has 0 fully saturated rings. The number of carbonyl (C=O) groups excluding carboxylic acids is 1. The Bertz CT molecular complexity index is 334. The summed E-state index contributed by atoms with van der Waals surface area (Å²) in [6.45, 7) is 4.05. The number of hydrogen-bond donors (Lipinski definition) is 0. The van der Waals surface area contributed by atoms with Crippen LogP contribution in [0.2, 0.25) is 0 Å². The van der Waals surface area contributed by atoms with Crippen molar-refractivity contribution in [2.24, 2.45) is 0 Å². The molecule has 0 radical (unpaired) electrons. The van der Waals surface area contributed by atoms with Crippen molar-refractivity contribution >= 4 is 12.1 Å². The van der Waals surface area contributed by atoms with Crippen molar-refractivity contribution in [3.63, 3.8) is 0 Å². The van der Waals surface area contributed by atoms with Gasteiger partial charge in [-0.1, -0.05) is 13.8 Å². The van der Waals surface area contributed by atoms with Gasteiger partial charge in [0.05, 0.1) is 5.56 Å². The Kier molecular flexibility index (Phi) is 3.17. The summed E-state index contributed by atoms with van der Waals surface area (Å²) >= 11 is 0. The van der Waals surface area contributed by atoms with Gasteiger partial charge in [0.1, 0.15) is 11.6 Å². The van der Waals surface area contributed by atoms with Gasteiger partial charge in [-0.05, 0) is 0 Å². The van der Waals surface area contributed by atoms with Gasteiger partial charge in [-0.3, -0.25) is 4.79 Å². The first kappa shape index (κ1) is 10.6. The van der Waals surface area contributed by atoms with E-state index in [4.69, 9.17) is 0 Å². The number of aromatic nitrogens is 2. The van der Waals surface area contributed by atoms with Gasteiger partial charge in [0.15, 0.2) is 6.29 Å². The fourth-order valence-electron chi connectivity index (χ4n) is 1.11. The van der Waals surface area contributed by atoms with Crippen LogP contribution in [0.1, 0.15) is 35.9 Å². The van der Waals surface area contributed by atoms with Crippen molar-refractivity contribution in [2.75, 3.05) is 19.0 Å². The molecule has 76 valence electrons. The van der Waals surface area contributed by atoms with Crippen molar-refractivity contribution in [1.82, 2.24) is 9.97 Å². The molecule has 0 spiro atoms. The van der Waals surface area contributed by atoms with Gasteiger partial charge in [-0.15, -0.1) is 0 Å². The van der Waals surface area contributed by atoms with Crippen LogP contribution in [-0.2, 0) is 0 Å². The number of hydrogen-bond acceptors (Lipinski definition) is 4. The van der Waals surface area contributed by atoms with Gasteiger partial charge in [0, 0.05) is 26.2 Å². The highest BCUT2D eigenvalue weighted by atomic mass is 16.1. The van der Waals surface area contributed by atoms with Crippen LogP contribution in [0.15, 0.2) is 6.20 Å². The van der Waals surface area contributed by atoms with Gasteiger partial charge in [-0.25, -0.2) is 9.97 Å². The van der Waals surface area contributed by atoms with E-state index in [2.05, 4.69) is 9.97 Å². The molecule has 4 heteroatoms. The average Bonchev–Trinajstić information content (AvgIpc) is 2.16. The normalized spacial score (nSPS) is 10.4. The van der Waals surface area contributed by atoms with Crippen LogP contribution in [0.3, 0.4) is 0 Å². The molecule has 0 atom stereocenters. The van der Waals surface area contributed by atoms with E-state index in [-0.39, 0.29) is 5.92 Å². The molecule has 0 N–H and O–H groups in total. The van der Waals surface area contributed by atoms with Crippen LogP contribution < -0.4 is 4.90 Å². The van der Waals surface area contributed by atoms with Gasteiger partial charge in [0.25, 0.3) is 0 Å². The van der Waals surface area contributed by atoms with Crippen LogP contribution in [0.25, 0.3) is 0 Å². The zero-order valence-corrected chi connectivity index (χ0v) is 8.98. The molecule has 0 saturated carbocycles. The second-order valence-electron chi connectivity index (χ2n) is 3.67. The lowest BCUT2D eigenvalue weighted by Gasteiger charge is -2.15. The van der Waals surface area contributed by atoms with E-state index in [0.717, 1.165) is 12.1 Å². The fourth-order valence-corrected chi connectivity index (χ4v) is 1.11. The first-order valence-electron chi connectivity index (χ1n) is 4.55. The molecule has 0 aromatic carbocycles. The van der Waals surface area contributed by atoms with Crippen LogP contribution in [0.4, 0.5) is 5.82 Å². The van der Waals surface area contributed by atoms with E-state index in [9.17, 15) is 4.79 Å². The van der Waals surface area contributed by atoms with Gasteiger partial charge >= 0.3 is 0 Å². The van der Waals surface area contributed by atoms with Crippen LogP contribution >= 0.6 is 0 Å². The molecule has 0 saturated heterocycles. The summed E-state index contributed by atoms with van der Waals surface area (Å²) in [5, 5.41) is 0. The van der Waals surface area contributed by atoms with Crippen molar-refractivity contribution in [3.05, 3.63) is 17.6 Å². The minimum Gasteiger partial charge on any atom is -0.362 e. The summed E-state index contributed by atoms with van der Waals surface area (Å²) in [7, 11) is 3.72. The molecule has 1 aromatic heterocycles. The number of rotatable bonds is 3.